The third-order valence-corrected chi connectivity index (χ3v) is 9.81. The minimum atomic E-state index is -3.90. The van der Waals surface area contributed by atoms with Crippen molar-refractivity contribution in [2.24, 2.45) is 0 Å². The molecular weight excluding hydrogens is 456 g/mol. The van der Waals surface area contributed by atoms with Crippen LogP contribution in [0, 0.1) is 0 Å². The Hall–Kier alpha value is 0.394. The van der Waals surface area contributed by atoms with Gasteiger partial charge in [0.15, 0.2) is 0 Å². The molecule has 0 amide bonds. The number of rotatable bonds is 24. The summed E-state index contributed by atoms with van der Waals surface area (Å²) in [6.07, 6.45) is 0. The molecule has 0 aliphatic heterocycles. The van der Waals surface area contributed by atoms with E-state index in [2.05, 4.69) is 75.0 Å². The molecule has 9 heteroatoms. The topological polar surface area (TPSA) is 49.9 Å². The van der Waals surface area contributed by atoms with Crippen LogP contribution >= 0.6 is 0 Å². The first-order valence-corrected chi connectivity index (χ1v) is 16.0. The van der Waals surface area contributed by atoms with E-state index in [9.17, 15) is 0 Å². The molecule has 200 valence electrons. The second kappa shape index (κ2) is 21.7. The summed E-state index contributed by atoms with van der Waals surface area (Å²) in [5, 5.41) is 0. The first-order valence-electron chi connectivity index (χ1n) is 13.4. The second-order valence-corrected chi connectivity index (χ2v) is 11.4. The summed E-state index contributed by atoms with van der Waals surface area (Å²) in [7, 11) is 0. The maximum absolute atomic E-state index is 6.43. The van der Waals surface area contributed by atoms with Crippen molar-refractivity contribution in [2.45, 2.75) is 55.4 Å². The molecule has 0 fully saturated rings. The van der Waals surface area contributed by atoms with Gasteiger partial charge in [0, 0.05) is 0 Å². The van der Waals surface area contributed by atoms with Crippen molar-refractivity contribution >= 4 is 0 Å². The van der Waals surface area contributed by atoms with Crippen molar-refractivity contribution in [2.75, 3.05) is 105 Å². The van der Waals surface area contributed by atoms with Gasteiger partial charge < -0.3 is 0 Å². The average Bonchev–Trinajstić information content (AvgIpc) is 2.85. The summed E-state index contributed by atoms with van der Waals surface area (Å²) >= 11 is -3.90. The van der Waals surface area contributed by atoms with Crippen molar-refractivity contribution in [1.29, 1.82) is 0 Å². The van der Waals surface area contributed by atoms with Gasteiger partial charge in [-0.25, -0.2) is 0 Å². The van der Waals surface area contributed by atoms with Crippen molar-refractivity contribution < 1.29 is 31.4 Å². The van der Waals surface area contributed by atoms with Crippen LogP contribution in [0.2, 0.25) is 0 Å². The van der Waals surface area contributed by atoms with Gasteiger partial charge in [-0.05, 0) is 0 Å². The fraction of sp³-hybridized carbons (Fsp3) is 1.00. The molecule has 0 N–H and O–H groups in total. The summed E-state index contributed by atoms with van der Waals surface area (Å²) < 4.78 is 25.7. The maximum atomic E-state index is 6.43. The molecule has 33 heavy (non-hydrogen) atoms. The molecule has 0 saturated heterocycles. The van der Waals surface area contributed by atoms with Crippen LogP contribution in [0.4, 0.5) is 0 Å². The normalized spacial score (nSPS) is 12.7. The zero-order valence-corrected chi connectivity index (χ0v) is 24.8. The van der Waals surface area contributed by atoms with Gasteiger partial charge in [0.1, 0.15) is 0 Å². The van der Waals surface area contributed by atoms with Crippen LogP contribution in [-0.4, -0.2) is 125 Å². The van der Waals surface area contributed by atoms with Gasteiger partial charge >= 0.3 is 211 Å². The second-order valence-electron chi connectivity index (χ2n) is 8.00. The van der Waals surface area contributed by atoms with Gasteiger partial charge in [0.25, 0.3) is 0 Å². The molecule has 0 aliphatic rings. The predicted molar refractivity (Wildman–Crippen MR) is 135 cm³/mol. The van der Waals surface area contributed by atoms with Gasteiger partial charge in [0.2, 0.25) is 0 Å². The molecule has 0 bridgehead atoms. The fourth-order valence-corrected chi connectivity index (χ4v) is 6.52. The Morgan fingerprint density at radius 2 is 0.545 bits per heavy atom. The van der Waals surface area contributed by atoms with E-state index in [1.807, 2.05) is 0 Å². The molecule has 0 aromatic heterocycles. The molecule has 8 nitrogen and oxygen atoms in total. The first-order chi connectivity index (χ1) is 16.0. The molecule has 0 radical (unpaired) electrons. The van der Waals surface area contributed by atoms with Crippen LogP contribution < -0.4 is 0 Å². The Morgan fingerprint density at radius 3 is 0.697 bits per heavy atom. The third kappa shape index (κ3) is 15.2. The number of hydrogen-bond acceptors (Lipinski definition) is 8. The van der Waals surface area contributed by atoms with Crippen molar-refractivity contribution in [3.05, 3.63) is 0 Å². The summed E-state index contributed by atoms with van der Waals surface area (Å²) in [5.74, 6) is 0. The molecule has 0 aliphatic carbocycles. The van der Waals surface area contributed by atoms with Gasteiger partial charge in [-0.3, -0.25) is 0 Å². The SMILES string of the molecule is CCN(CC)CC[O][Ti]([O]CCN(CC)CC)([O]CCN(CC)CC)[O]CCN(CC)CC. The Morgan fingerprint density at radius 1 is 0.364 bits per heavy atom. The van der Waals surface area contributed by atoms with Crippen LogP contribution in [0.15, 0.2) is 0 Å². The Bertz CT molecular complexity index is 344. The van der Waals surface area contributed by atoms with E-state index in [4.69, 9.17) is 13.3 Å². The number of nitrogens with zero attached hydrogens (tertiary/aromatic N) is 4. The molecule has 0 unspecified atom stereocenters. The molecule has 0 aromatic carbocycles. The summed E-state index contributed by atoms with van der Waals surface area (Å²) in [5.41, 5.74) is 0. The van der Waals surface area contributed by atoms with Gasteiger partial charge in [0.05, 0.1) is 0 Å². The number of likely N-dealkylation sites (N-methyl/N-ethyl adjacent to an activating group) is 4. The van der Waals surface area contributed by atoms with Crippen LogP contribution in [0.3, 0.4) is 0 Å². The van der Waals surface area contributed by atoms with E-state index >= 15 is 0 Å². The Labute approximate surface area is 211 Å². The molecule has 0 aromatic rings. The van der Waals surface area contributed by atoms with Crippen LogP contribution in [0.25, 0.3) is 0 Å². The van der Waals surface area contributed by atoms with Gasteiger partial charge in [-0.1, -0.05) is 0 Å². The fourth-order valence-electron chi connectivity index (χ4n) is 3.61. The van der Waals surface area contributed by atoms with Gasteiger partial charge in [-0.2, -0.15) is 0 Å². The predicted octanol–water partition coefficient (Wildman–Crippen LogP) is 3.23. The monoisotopic (exact) mass is 512 g/mol. The summed E-state index contributed by atoms with van der Waals surface area (Å²) in [6, 6.07) is 0. The molecule has 0 saturated carbocycles. The standard InChI is InChI=1S/4C6H14NO.Ti/c4*1-3-7(4-2)5-6-8;/h4*3-6H2,1-2H3;/q4*-1;+4. The Kier molecular flexibility index (Phi) is 21.9. The zero-order chi connectivity index (χ0) is 25.0. The first kappa shape index (κ1) is 33.4. The van der Waals surface area contributed by atoms with E-state index in [1.165, 1.54) is 0 Å². The Balaban J connectivity index is 5.33. The summed E-state index contributed by atoms with van der Waals surface area (Å²) in [6.45, 7) is 31.2. The molecular formula is C24H56N4O4Ti. The molecule has 0 spiro atoms. The van der Waals surface area contributed by atoms with Crippen LogP contribution in [0.5, 0.6) is 0 Å². The van der Waals surface area contributed by atoms with Crippen LogP contribution in [0.1, 0.15) is 55.4 Å². The van der Waals surface area contributed by atoms with Crippen molar-refractivity contribution in [3.8, 4) is 0 Å². The third-order valence-electron chi connectivity index (χ3n) is 6.32. The zero-order valence-electron chi connectivity index (χ0n) is 23.2. The molecule has 0 atom stereocenters. The van der Waals surface area contributed by atoms with Crippen molar-refractivity contribution in [1.82, 2.24) is 19.6 Å². The average molecular weight is 513 g/mol. The quantitative estimate of drug-likeness (QED) is 0.183. The molecule has 0 rings (SSSR count). The molecule has 0 heterocycles. The van der Waals surface area contributed by atoms with E-state index in [1.54, 1.807) is 0 Å². The van der Waals surface area contributed by atoms with E-state index in [0.717, 1.165) is 78.5 Å². The van der Waals surface area contributed by atoms with E-state index in [-0.39, 0.29) is 0 Å². The summed E-state index contributed by atoms with van der Waals surface area (Å²) in [4.78, 5) is 9.42. The van der Waals surface area contributed by atoms with E-state index in [0.29, 0.717) is 26.4 Å². The minimum absolute atomic E-state index is 0.573. The van der Waals surface area contributed by atoms with Crippen molar-refractivity contribution in [3.63, 3.8) is 0 Å². The number of hydrogen-bond donors (Lipinski definition) is 0. The van der Waals surface area contributed by atoms with E-state index < -0.39 is 18.1 Å². The van der Waals surface area contributed by atoms with Gasteiger partial charge in [-0.15, -0.1) is 0 Å². The van der Waals surface area contributed by atoms with Crippen LogP contribution in [-0.2, 0) is 31.4 Å².